The molecule has 0 aromatic rings. The van der Waals surface area contributed by atoms with Gasteiger partial charge < -0.3 is 10.2 Å². The number of carbonyl (C=O) groups is 1. The first-order valence-corrected chi connectivity index (χ1v) is 6.90. The zero-order chi connectivity index (χ0) is 11.3. The Bertz CT molecular complexity index is 209. The number of hydrogen-bond donors (Lipinski definition) is 1. The van der Waals surface area contributed by atoms with Crippen LogP contribution in [0, 0.1) is 0 Å². The van der Waals surface area contributed by atoms with Gasteiger partial charge in [0.15, 0.2) is 0 Å². The molecule has 0 aromatic carbocycles. The third-order valence-corrected chi connectivity index (χ3v) is 4.19. The van der Waals surface area contributed by atoms with E-state index in [2.05, 4.69) is 11.6 Å². The highest BCUT2D eigenvalue weighted by Gasteiger charge is 2.24. The van der Waals surface area contributed by atoms with E-state index in [9.17, 15) is 4.79 Å². The molecule has 15 heavy (non-hydrogen) atoms. The van der Waals surface area contributed by atoms with E-state index in [1.807, 2.05) is 11.8 Å². The monoisotopic (exact) mass is 230 g/mol. The maximum absolute atomic E-state index is 11.4. The number of hydrogen-bond acceptors (Lipinski definition) is 3. The summed E-state index contributed by atoms with van der Waals surface area (Å²) in [5, 5.41) is 4.08. The van der Waals surface area contributed by atoms with Crippen molar-refractivity contribution in [1.82, 2.24) is 10.2 Å². The Balaban J connectivity index is 2.32. The van der Waals surface area contributed by atoms with Crippen molar-refractivity contribution in [3.05, 3.63) is 0 Å². The van der Waals surface area contributed by atoms with Crippen molar-refractivity contribution in [3.8, 4) is 0 Å². The van der Waals surface area contributed by atoms with Gasteiger partial charge in [0.25, 0.3) is 0 Å². The number of nitrogens with zero attached hydrogens (tertiary/aromatic N) is 1. The van der Waals surface area contributed by atoms with E-state index in [-0.39, 0.29) is 5.91 Å². The largest absolute Gasteiger partial charge is 0.348 e. The Morgan fingerprint density at radius 3 is 2.67 bits per heavy atom. The quantitative estimate of drug-likeness (QED) is 0.791. The van der Waals surface area contributed by atoms with Gasteiger partial charge in [-0.3, -0.25) is 4.79 Å². The van der Waals surface area contributed by atoms with Crippen LogP contribution in [-0.4, -0.2) is 49.0 Å². The van der Waals surface area contributed by atoms with E-state index >= 15 is 0 Å². The standard InChI is InChI=1S/C11H22N2OS/c1-13(2)11(14)8-12-9-6-4-5-7-10(9)15-3/h9-10,12H,4-8H2,1-3H3. The fourth-order valence-corrected chi connectivity index (χ4v) is 2.95. The lowest BCUT2D eigenvalue weighted by molar-refractivity contribution is -0.127. The lowest BCUT2D eigenvalue weighted by atomic mass is 9.95. The van der Waals surface area contributed by atoms with Crippen LogP contribution in [0.5, 0.6) is 0 Å². The summed E-state index contributed by atoms with van der Waals surface area (Å²) in [6.07, 6.45) is 7.30. The van der Waals surface area contributed by atoms with Gasteiger partial charge in [-0.15, -0.1) is 0 Å². The van der Waals surface area contributed by atoms with E-state index in [0.717, 1.165) is 0 Å². The summed E-state index contributed by atoms with van der Waals surface area (Å²) in [6.45, 7) is 0.481. The Hall–Kier alpha value is -0.220. The molecule has 1 aliphatic rings. The van der Waals surface area contributed by atoms with Crippen LogP contribution < -0.4 is 5.32 Å². The molecule has 1 saturated carbocycles. The third kappa shape index (κ3) is 4.03. The summed E-state index contributed by atoms with van der Waals surface area (Å²) in [5.74, 6) is 0.167. The van der Waals surface area contributed by atoms with E-state index in [0.29, 0.717) is 17.8 Å². The minimum Gasteiger partial charge on any atom is -0.348 e. The fourth-order valence-electron chi connectivity index (χ4n) is 1.99. The van der Waals surface area contributed by atoms with Crippen molar-refractivity contribution in [2.45, 2.75) is 37.0 Å². The van der Waals surface area contributed by atoms with E-state index in [1.165, 1.54) is 25.7 Å². The van der Waals surface area contributed by atoms with Gasteiger partial charge in [0.1, 0.15) is 0 Å². The Labute approximate surface area is 97.0 Å². The van der Waals surface area contributed by atoms with Gasteiger partial charge >= 0.3 is 0 Å². The first-order valence-electron chi connectivity index (χ1n) is 5.61. The van der Waals surface area contributed by atoms with Gasteiger partial charge in [-0.05, 0) is 19.1 Å². The summed E-state index contributed by atoms with van der Waals surface area (Å²) in [6, 6.07) is 0.526. The van der Waals surface area contributed by atoms with Gasteiger partial charge in [-0.2, -0.15) is 11.8 Å². The molecule has 0 saturated heterocycles. The zero-order valence-electron chi connectivity index (χ0n) is 9.95. The average Bonchev–Trinajstić information content (AvgIpc) is 2.26. The third-order valence-electron chi connectivity index (χ3n) is 3.02. The number of thioether (sulfide) groups is 1. The van der Waals surface area contributed by atoms with Crippen LogP contribution in [0.2, 0.25) is 0 Å². The van der Waals surface area contributed by atoms with E-state index < -0.39 is 0 Å². The molecule has 0 radical (unpaired) electrons. The summed E-state index contributed by atoms with van der Waals surface area (Å²) < 4.78 is 0. The van der Waals surface area contributed by atoms with Gasteiger partial charge in [-0.25, -0.2) is 0 Å². The molecule has 0 aromatic heterocycles. The number of carbonyl (C=O) groups excluding carboxylic acids is 1. The molecule has 2 unspecified atom stereocenters. The second-order valence-electron chi connectivity index (χ2n) is 4.33. The topological polar surface area (TPSA) is 32.3 Å². The lowest BCUT2D eigenvalue weighted by Crippen LogP contribution is -2.45. The van der Waals surface area contributed by atoms with Gasteiger partial charge in [0.05, 0.1) is 6.54 Å². The Morgan fingerprint density at radius 2 is 2.07 bits per heavy atom. The molecule has 1 fully saturated rings. The number of likely N-dealkylation sites (N-methyl/N-ethyl adjacent to an activating group) is 1. The fraction of sp³-hybridized carbons (Fsp3) is 0.909. The lowest BCUT2D eigenvalue weighted by Gasteiger charge is -2.31. The molecule has 1 aliphatic carbocycles. The molecule has 1 amide bonds. The van der Waals surface area contributed by atoms with Crippen molar-refractivity contribution in [1.29, 1.82) is 0 Å². The molecule has 3 nitrogen and oxygen atoms in total. The summed E-state index contributed by atoms with van der Waals surface area (Å²) in [7, 11) is 3.61. The van der Waals surface area contributed by atoms with Crippen molar-refractivity contribution >= 4 is 17.7 Å². The van der Waals surface area contributed by atoms with Gasteiger partial charge in [-0.1, -0.05) is 12.8 Å². The van der Waals surface area contributed by atoms with Crippen LogP contribution in [0.3, 0.4) is 0 Å². The smallest absolute Gasteiger partial charge is 0.236 e. The van der Waals surface area contributed by atoms with Crippen LogP contribution in [0.25, 0.3) is 0 Å². The first kappa shape index (κ1) is 12.8. The summed E-state index contributed by atoms with van der Waals surface area (Å²) >= 11 is 1.93. The van der Waals surface area contributed by atoms with Crippen molar-refractivity contribution in [3.63, 3.8) is 0 Å². The summed E-state index contributed by atoms with van der Waals surface area (Å²) in [5.41, 5.74) is 0. The van der Waals surface area contributed by atoms with Crippen LogP contribution >= 0.6 is 11.8 Å². The molecule has 0 spiro atoms. The second kappa shape index (κ2) is 6.38. The second-order valence-corrected chi connectivity index (χ2v) is 5.41. The van der Waals surface area contributed by atoms with Crippen LogP contribution in [0.1, 0.15) is 25.7 Å². The number of rotatable bonds is 4. The maximum atomic E-state index is 11.4. The van der Waals surface area contributed by atoms with Crippen LogP contribution in [0.15, 0.2) is 0 Å². The molecule has 4 heteroatoms. The molecule has 0 bridgehead atoms. The van der Waals surface area contributed by atoms with E-state index in [1.54, 1.807) is 19.0 Å². The Kier molecular flexibility index (Phi) is 5.47. The first-order chi connectivity index (χ1) is 7.15. The maximum Gasteiger partial charge on any atom is 0.236 e. The van der Waals surface area contributed by atoms with Gasteiger partial charge in [0, 0.05) is 25.4 Å². The summed E-state index contributed by atoms with van der Waals surface area (Å²) in [4.78, 5) is 13.1. The molecule has 88 valence electrons. The van der Waals surface area contributed by atoms with Crippen LogP contribution in [0.4, 0.5) is 0 Å². The highest BCUT2D eigenvalue weighted by Crippen LogP contribution is 2.26. The number of amides is 1. The molecule has 2 atom stereocenters. The Morgan fingerprint density at radius 1 is 1.40 bits per heavy atom. The van der Waals surface area contributed by atoms with Crippen molar-refractivity contribution in [2.75, 3.05) is 26.9 Å². The van der Waals surface area contributed by atoms with Gasteiger partial charge in [0.2, 0.25) is 5.91 Å². The molecule has 0 heterocycles. The van der Waals surface area contributed by atoms with Crippen LogP contribution in [-0.2, 0) is 4.79 Å². The predicted molar refractivity (Wildman–Crippen MR) is 66.3 cm³/mol. The minimum atomic E-state index is 0.167. The molecular weight excluding hydrogens is 208 g/mol. The molecule has 1 N–H and O–H groups in total. The molecule has 0 aliphatic heterocycles. The highest BCUT2D eigenvalue weighted by atomic mass is 32.2. The van der Waals surface area contributed by atoms with Crippen molar-refractivity contribution < 1.29 is 4.79 Å². The normalized spacial score (nSPS) is 26.3. The molecular formula is C11H22N2OS. The SMILES string of the molecule is CSC1CCCCC1NCC(=O)N(C)C. The average molecular weight is 230 g/mol. The molecule has 1 rings (SSSR count). The highest BCUT2D eigenvalue weighted by molar-refractivity contribution is 7.99. The predicted octanol–water partition coefficient (Wildman–Crippen LogP) is 1.34. The zero-order valence-corrected chi connectivity index (χ0v) is 10.8. The van der Waals surface area contributed by atoms with E-state index in [4.69, 9.17) is 0 Å². The van der Waals surface area contributed by atoms with Crippen molar-refractivity contribution in [2.24, 2.45) is 0 Å². The number of nitrogens with one attached hydrogen (secondary N) is 1. The minimum absolute atomic E-state index is 0.167.